The lowest BCUT2D eigenvalue weighted by Crippen LogP contribution is -2.30. The molecule has 0 aliphatic rings. The predicted octanol–water partition coefficient (Wildman–Crippen LogP) is 2.90. The monoisotopic (exact) mass is 267 g/mol. The number of carbonyl (C=O) groups excluding carboxylic acids is 1. The maximum atomic E-state index is 10.8. The van der Waals surface area contributed by atoms with E-state index in [2.05, 4.69) is 0 Å². The van der Waals surface area contributed by atoms with E-state index in [1.165, 1.54) is 19.1 Å². The Morgan fingerprint density at radius 3 is 2.20 bits per heavy atom. The average Bonchev–Trinajstić information content (AvgIpc) is 2.10. The van der Waals surface area contributed by atoms with E-state index in [1.54, 1.807) is 0 Å². The van der Waals surface area contributed by atoms with Gasteiger partial charge in [-0.3, -0.25) is 4.79 Å². The van der Waals surface area contributed by atoms with E-state index < -0.39 is 12.0 Å². The van der Waals surface area contributed by atoms with Gasteiger partial charge in [0.1, 0.15) is 0 Å². The summed E-state index contributed by atoms with van der Waals surface area (Å²) >= 11 is 17.4. The first-order valence-electron chi connectivity index (χ1n) is 4.02. The van der Waals surface area contributed by atoms with E-state index in [0.717, 1.165) is 0 Å². The van der Waals surface area contributed by atoms with Gasteiger partial charge in [-0.05, 0) is 19.1 Å². The molecule has 0 saturated carbocycles. The zero-order valence-electron chi connectivity index (χ0n) is 7.76. The summed E-state index contributed by atoms with van der Waals surface area (Å²) in [5, 5.41) is 0.866. The Bertz CT molecular complexity index is 372. The molecule has 0 aromatic heterocycles. The molecule has 0 unspecified atom stereocenters. The van der Waals surface area contributed by atoms with Crippen LogP contribution in [0.25, 0.3) is 0 Å². The Morgan fingerprint density at radius 2 is 1.80 bits per heavy atom. The van der Waals surface area contributed by atoms with E-state index in [0.29, 0.717) is 5.02 Å². The molecule has 6 heteroatoms. The van der Waals surface area contributed by atoms with Crippen molar-refractivity contribution in [3.05, 3.63) is 27.2 Å². The minimum absolute atomic E-state index is 0.203. The molecule has 82 valence electrons. The van der Waals surface area contributed by atoms with Crippen molar-refractivity contribution >= 4 is 40.7 Å². The predicted molar refractivity (Wildman–Crippen MR) is 60.8 cm³/mol. The number of carbonyl (C=O) groups is 1. The Labute approximate surface area is 102 Å². The van der Waals surface area contributed by atoms with Crippen LogP contribution in [-0.4, -0.2) is 12.0 Å². The Morgan fingerprint density at radius 1 is 1.33 bits per heavy atom. The van der Waals surface area contributed by atoms with Crippen molar-refractivity contribution in [3.8, 4) is 5.75 Å². The van der Waals surface area contributed by atoms with Gasteiger partial charge >= 0.3 is 0 Å². The summed E-state index contributed by atoms with van der Waals surface area (Å²) in [6.45, 7) is 1.50. The third-order valence-electron chi connectivity index (χ3n) is 1.66. The first-order chi connectivity index (χ1) is 6.91. The van der Waals surface area contributed by atoms with Crippen LogP contribution >= 0.6 is 34.8 Å². The van der Waals surface area contributed by atoms with E-state index >= 15 is 0 Å². The Hall–Kier alpha value is -0.640. The molecule has 1 aromatic carbocycles. The lowest BCUT2D eigenvalue weighted by molar-refractivity contribution is -0.123. The standard InChI is InChI=1S/C9H8Cl3NO2/c1-4(9(13)14)15-8-6(11)2-5(10)3-7(8)12/h2-4H,1H3,(H2,13,14)/t4-/m0/s1. The van der Waals surface area contributed by atoms with E-state index in [9.17, 15) is 4.79 Å². The van der Waals surface area contributed by atoms with Crippen LogP contribution in [0.3, 0.4) is 0 Å². The highest BCUT2D eigenvalue weighted by Crippen LogP contribution is 2.36. The van der Waals surface area contributed by atoms with Gasteiger partial charge in [0.25, 0.3) is 5.91 Å². The highest BCUT2D eigenvalue weighted by Gasteiger charge is 2.15. The second-order valence-corrected chi connectivity index (χ2v) is 4.11. The van der Waals surface area contributed by atoms with Gasteiger partial charge in [-0.2, -0.15) is 0 Å². The molecule has 0 fully saturated rings. The number of halogens is 3. The summed E-state index contributed by atoms with van der Waals surface area (Å²) in [5.41, 5.74) is 5.04. The molecular formula is C9H8Cl3NO2. The Kier molecular flexibility index (Phi) is 4.08. The molecule has 0 aliphatic heterocycles. The van der Waals surface area contributed by atoms with Crippen molar-refractivity contribution < 1.29 is 9.53 Å². The smallest absolute Gasteiger partial charge is 0.258 e. The van der Waals surface area contributed by atoms with Crippen LogP contribution in [0.5, 0.6) is 5.75 Å². The van der Waals surface area contributed by atoms with Crippen LogP contribution in [0.1, 0.15) is 6.92 Å². The summed E-state index contributed by atoms with van der Waals surface area (Å²) in [6.07, 6.45) is -0.804. The molecule has 1 amide bonds. The third kappa shape index (κ3) is 3.16. The fraction of sp³-hybridized carbons (Fsp3) is 0.222. The largest absolute Gasteiger partial charge is 0.478 e. The normalized spacial score (nSPS) is 12.3. The first kappa shape index (κ1) is 12.4. The fourth-order valence-electron chi connectivity index (χ4n) is 0.876. The Balaban J connectivity index is 3.00. The minimum Gasteiger partial charge on any atom is -0.478 e. The number of primary amides is 1. The van der Waals surface area contributed by atoms with Crippen LogP contribution in [-0.2, 0) is 4.79 Å². The van der Waals surface area contributed by atoms with Crippen LogP contribution < -0.4 is 10.5 Å². The van der Waals surface area contributed by atoms with Crippen LogP contribution in [0.2, 0.25) is 15.1 Å². The van der Waals surface area contributed by atoms with Crippen molar-refractivity contribution in [1.82, 2.24) is 0 Å². The quantitative estimate of drug-likeness (QED) is 0.916. The summed E-state index contributed by atoms with van der Waals surface area (Å²) in [6, 6.07) is 2.94. The van der Waals surface area contributed by atoms with Crippen molar-refractivity contribution in [2.45, 2.75) is 13.0 Å². The highest BCUT2D eigenvalue weighted by atomic mass is 35.5. The molecule has 15 heavy (non-hydrogen) atoms. The molecule has 0 heterocycles. The lowest BCUT2D eigenvalue weighted by atomic mass is 10.3. The molecule has 2 N–H and O–H groups in total. The third-order valence-corrected chi connectivity index (χ3v) is 2.44. The molecule has 0 saturated heterocycles. The zero-order chi connectivity index (χ0) is 11.6. The summed E-state index contributed by atoms with van der Waals surface area (Å²) in [5.74, 6) is -0.397. The van der Waals surface area contributed by atoms with Crippen molar-refractivity contribution in [2.75, 3.05) is 0 Å². The summed E-state index contributed by atoms with van der Waals surface area (Å²) < 4.78 is 5.20. The van der Waals surface area contributed by atoms with Crippen LogP contribution in [0.4, 0.5) is 0 Å². The maximum Gasteiger partial charge on any atom is 0.258 e. The van der Waals surface area contributed by atoms with Crippen molar-refractivity contribution in [3.63, 3.8) is 0 Å². The minimum atomic E-state index is -0.804. The second kappa shape index (κ2) is 4.92. The topological polar surface area (TPSA) is 52.3 Å². The molecule has 0 bridgehead atoms. The van der Waals surface area contributed by atoms with E-state index in [4.69, 9.17) is 45.3 Å². The van der Waals surface area contributed by atoms with Crippen LogP contribution in [0, 0.1) is 0 Å². The lowest BCUT2D eigenvalue weighted by Gasteiger charge is -2.14. The molecule has 0 aliphatic carbocycles. The highest BCUT2D eigenvalue weighted by molar-refractivity contribution is 6.40. The number of nitrogens with two attached hydrogens (primary N) is 1. The maximum absolute atomic E-state index is 10.8. The van der Waals surface area contributed by atoms with Gasteiger partial charge in [0.15, 0.2) is 11.9 Å². The second-order valence-electron chi connectivity index (χ2n) is 2.86. The average molecular weight is 269 g/mol. The summed E-state index contributed by atoms with van der Waals surface area (Å²) in [7, 11) is 0. The molecule has 3 nitrogen and oxygen atoms in total. The van der Waals surface area contributed by atoms with Gasteiger partial charge in [0, 0.05) is 5.02 Å². The number of rotatable bonds is 3. The molecule has 1 rings (SSSR count). The molecule has 0 radical (unpaired) electrons. The van der Waals surface area contributed by atoms with Gasteiger partial charge in [-0.1, -0.05) is 34.8 Å². The van der Waals surface area contributed by atoms with Gasteiger partial charge in [0.2, 0.25) is 0 Å². The first-order valence-corrected chi connectivity index (χ1v) is 5.15. The summed E-state index contributed by atoms with van der Waals surface area (Å²) in [4.78, 5) is 10.8. The van der Waals surface area contributed by atoms with Gasteiger partial charge in [0.05, 0.1) is 10.0 Å². The van der Waals surface area contributed by atoms with E-state index in [-0.39, 0.29) is 15.8 Å². The van der Waals surface area contributed by atoms with Gasteiger partial charge < -0.3 is 10.5 Å². The number of benzene rings is 1. The number of hydrogen-bond acceptors (Lipinski definition) is 2. The van der Waals surface area contributed by atoms with Crippen LogP contribution in [0.15, 0.2) is 12.1 Å². The van der Waals surface area contributed by atoms with E-state index in [1.807, 2.05) is 0 Å². The number of hydrogen-bond donors (Lipinski definition) is 1. The fourth-order valence-corrected chi connectivity index (χ4v) is 1.78. The SMILES string of the molecule is C[C@H](Oc1c(Cl)cc(Cl)cc1Cl)C(N)=O. The number of ether oxygens (including phenoxy) is 1. The molecule has 0 spiro atoms. The number of amides is 1. The van der Waals surface area contributed by atoms with Crippen molar-refractivity contribution in [1.29, 1.82) is 0 Å². The van der Waals surface area contributed by atoms with Gasteiger partial charge in [-0.15, -0.1) is 0 Å². The van der Waals surface area contributed by atoms with Gasteiger partial charge in [-0.25, -0.2) is 0 Å². The zero-order valence-corrected chi connectivity index (χ0v) is 10.0. The van der Waals surface area contributed by atoms with Crippen molar-refractivity contribution in [2.24, 2.45) is 5.73 Å². The molecular weight excluding hydrogens is 260 g/mol. The molecule has 1 atom stereocenters. The molecule has 1 aromatic rings.